The molecule has 0 aliphatic rings. The van der Waals surface area contributed by atoms with Gasteiger partial charge < -0.3 is 0 Å². The normalized spacial score (nSPS) is 10.4. The fraction of sp³-hybridized carbons (Fsp3) is 0.100. The predicted molar refractivity (Wildman–Crippen MR) is 60.8 cm³/mol. The first-order valence-corrected chi connectivity index (χ1v) is 5.23. The zero-order chi connectivity index (χ0) is 11.5. The first-order chi connectivity index (χ1) is 7.68. The number of Topliss-reactive ketones (excluding diaryl/α,β-unsaturated/α-hetero) is 1. The number of benzene rings is 1. The molecule has 0 fully saturated rings. The highest BCUT2D eigenvalue weighted by Crippen LogP contribution is 2.24. The van der Waals surface area contributed by atoms with Gasteiger partial charge in [0.1, 0.15) is 19.2 Å². The van der Waals surface area contributed by atoms with Crippen LogP contribution in [0, 0.1) is 0 Å². The number of hydrogen-bond donors (Lipinski definition) is 0. The minimum atomic E-state index is -0.193. The van der Waals surface area contributed by atoms with Gasteiger partial charge in [-0.25, -0.2) is 9.67 Å². The predicted octanol–water partition coefficient (Wildman–Crippen LogP) is 2.47. The van der Waals surface area contributed by atoms with Gasteiger partial charge in [0, 0.05) is 0 Å². The summed E-state index contributed by atoms with van der Waals surface area (Å²) in [7, 11) is 0. The highest BCUT2D eigenvalue weighted by Gasteiger charge is 2.14. The molecule has 1 heterocycles. The first kappa shape index (κ1) is 11.1. The molecule has 0 bridgehead atoms. The maximum Gasteiger partial charge on any atom is 0.187 e. The van der Waals surface area contributed by atoms with Crippen molar-refractivity contribution in [2.75, 3.05) is 0 Å². The summed E-state index contributed by atoms with van der Waals surface area (Å²) in [5.74, 6) is -0.193. The van der Waals surface area contributed by atoms with E-state index in [0.29, 0.717) is 15.6 Å². The fourth-order valence-electron chi connectivity index (χ4n) is 1.30. The maximum atomic E-state index is 11.9. The van der Waals surface area contributed by atoms with Gasteiger partial charge in [0.05, 0.1) is 15.6 Å². The van der Waals surface area contributed by atoms with E-state index in [1.807, 2.05) is 0 Å². The Morgan fingerprint density at radius 1 is 1.31 bits per heavy atom. The van der Waals surface area contributed by atoms with Crippen LogP contribution in [-0.4, -0.2) is 20.5 Å². The van der Waals surface area contributed by atoms with Gasteiger partial charge in [-0.1, -0.05) is 29.3 Å². The number of halogens is 2. The zero-order valence-electron chi connectivity index (χ0n) is 8.10. The Morgan fingerprint density at radius 3 is 2.56 bits per heavy atom. The molecule has 1 aromatic heterocycles. The molecule has 16 heavy (non-hydrogen) atoms. The number of nitrogens with zero attached hydrogens (tertiary/aromatic N) is 3. The van der Waals surface area contributed by atoms with Crippen molar-refractivity contribution in [3.8, 4) is 0 Å². The smallest absolute Gasteiger partial charge is 0.187 e. The molecule has 2 rings (SSSR count). The monoisotopic (exact) mass is 255 g/mol. The van der Waals surface area contributed by atoms with Crippen molar-refractivity contribution in [1.29, 1.82) is 0 Å². The van der Waals surface area contributed by atoms with Crippen molar-refractivity contribution < 1.29 is 4.79 Å². The van der Waals surface area contributed by atoms with Crippen LogP contribution < -0.4 is 0 Å². The second-order valence-corrected chi connectivity index (χ2v) is 3.93. The quantitative estimate of drug-likeness (QED) is 0.792. The summed E-state index contributed by atoms with van der Waals surface area (Å²) in [4.78, 5) is 15.6. The third kappa shape index (κ3) is 2.23. The van der Waals surface area contributed by atoms with Crippen LogP contribution in [0.3, 0.4) is 0 Å². The molecular weight excluding hydrogens is 249 g/mol. The summed E-state index contributed by atoms with van der Waals surface area (Å²) in [6, 6.07) is 4.95. The Balaban J connectivity index is 2.28. The number of aromatic nitrogens is 3. The Labute approximate surface area is 102 Å². The van der Waals surface area contributed by atoms with Crippen molar-refractivity contribution in [3.05, 3.63) is 46.5 Å². The molecule has 0 saturated heterocycles. The molecule has 0 radical (unpaired) electrons. The molecule has 4 nitrogen and oxygen atoms in total. The lowest BCUT2D eigenvalue weighted by Crippen LogP contribution is -2.11. The summed E-state index contributed by atoms with van der Waals surface area (Å²) in [6.07, 6.45) is 2.82. The zero-order valence-corrected chi connectivity index (χ0v) is 9.61. The summed E-state index contributed by atoms with van der Waals surface area (Å²) in [5.41, 5.74) is 0.321. The van der Waals surface area contributed by atoms with Gasteiger partial charge in [-0.05, 0) is 12.1 Å². The van der Waals surface area contributed by atoms with Gasteiger partial charge in [0.15, 0.2) is 5.78 Å². The second kappa shape index (κ2) is 4.63. The molecule has 82 valence electrons. The lowest BCUT2D eigenvalue weighted by atomic mass is 10.1. The minimum absolute atomic E-state index is 0.0729. The van der Waals surface area contributed by atoms with Gasteiger partial charge in [-0.15, -0.1) is 0 Å². The van der Waals surface area contributed by atoms with Gasteiger partial charge in [-0.2, -0.15) is 5.10 Å². The van der Waals surface area contributed by atoms with Gasteiger partial charge in [0.2, 0.25) is 0 Å². The second-order valence-electron chi connectivity index (χ2n) is 3.11. The highest BCUT2D eigenvalue weighted by atomic mass is 35.5. The van der Waals surface area contributed by atoms with Gasteiger partial charge >= 0.3 is 0 Å². The molecule has 0 amide bonds. The van der Waals surface area contributed by atoms with Gasteiger partial charge in [0.25, 0.3) is 0 Å². The summed E-state index contributed by atoms with van der Waals surface area (Å²) < 4.78 is 1.42. The molecule has 0 unspecified atom stereocenters. The third-order valence-corrected chi connectivity index (χ3v) is 2.64. The molecule has 6 heteroatoms. The minimum Gasteiger partial charge on any atom is -0.292 e. The standard InChI is InChI=1S/C10H7Cl2N3O/c11-7-2-1-3-8(12)10(7)9(16)4-15-6-13-5-14-15/h1-3,5-6H,4H2. The molecule has 0 atom stereocenters. The Kier molecular flexibility index (Phi) is 3.22. The van der Waals surface area contributed by atoms with Crippen LogP contribution in [0.1, 0.15) is 10.4 Å². The molecule has 0 spiro atoms. The first-order valence-electron chi connectivity index (χ1n) is 4.48. The molecule has 0 aliphatic heterocycles. The lowest BCUT2D eigenvalue weighted by Gasteiger charge is -2.05. The third-order valence-electron chi connectivity index (χ3n) is 2.01. The number of ketones is 1. The number of carbonyl (C=O) groups excluding carboxylic acids is 1. The Morgan fingerprint density at radius 2 is 2.00 bits per heavy atom. The molecule has 0 N–H and O–H groups in total. The van der Waals surface area contributed by atoms with Crippen molar-refractivity contribution in [3.63, 3.8) is 0 Å². The highest BCUT2D eigenvalue weighted by molar-refractivity contribution is 6.39. The average Bonchev–Trinajstić information content (AvgIpc) is 2.70. The van der Waals surface area contributed by atoms with E-state index in [4.69, 9.17) is 23.2 Å². The molecule has 1 aromatic carbocycles. The van der Waals surface area contributed by atoms with Gasteiger partial charge in [-0.3, -0.25) is 4.79 Å². The van der Waals surface area contributed by atoms with E-state index >= 15 is 0 Å². The molecular formula is C10H7Cl2N3O. The Bertz CT molecular complexity index is 491. The Hall–Kier alpha value is -1.39. The van der Waals surface area contributed by atoms with Crippen LogP contribution in [0.5, 0.6) is 0 Å². The fourth-order valence-corrected chi connectivity index (χ4v) is 1.91. The van der Waals surface area contributed by atoms with Crippen LogP contribution in [0.2, 0.25) is 10.0 Å². The van der Waals surface area contributed by atoms with E-state index in [1.165, 1.54) is 17.3 Å². The van der Waals surface area contributed by atoms with Crippen LogP contribution >= 0.6 is 23.2 Å². The van der Waals surface area contributed by atoms with E-state index in [9.17, 15) is 4.79 Å². The van der Waals surface area contributed by atoms with Crippen LogP contribution in [-0.2, 0) is 6.54 Å². The topological polar surface area (TPSA) is 47.8 Å². The van der Waals surface area contributed by atoms with Crippen LogP contribution in [0.25, 0.3) is 0 Å². The summed E-state index contributed by atoms with van der Waals surface area (Å²) >= 11 is 11.8. The van der Waals surface area contributed by atoms with Crippen molar-refractivity contribution in [2.24, 2.45) is 0 Å². The maximum absolute atomic E-state index is 11.9. The van der Waals surface area contributed by atoms with Crippen LogP contribution in [0.4, 0.5) is 0 Å². The number of hydrogen-bond acceptors (Lipinski definition) is 3. The molecule has 0 aliphatic carbocycles. The number of rotatable bonds is 3. The molecule has 0 saturated carbocycles. The van der Waals surface area contributed by atoms with E-state index in [1.54, 1.807) is 18.2 Å². The molecule has 2 aromatic rings. The average molecular weight is 256 g/mol. The van der Waals surface area contributed by atoms with E-state index < -0.39 is 0 Å². The van der Waals surface area contributed by atoms with Crippen molar-refractivity contribution >= 4 is 29.0 Å². The largest absolute Gasteiger partial charge is 0.292 e. The SMILES string of the molecule is O=C(Cn1cncn1)c1c(Cl)cccc1Cl. The van der Waals surface area contributed by atoms with E-state index in [2.05, 4.69) is 10.1 Å². The van der Waals surface area contributed by atoms with Crippen molar-refractivity contribution in [2.45, 2.75) is 6.54 Å². The number of carbonyl (C=O) groups is 1. The van der Waals surface area contributed by atoms with E-state index in [0.717, 1.165) is 0 Å². The van der Waals surface area contributed by atoms with Crippen molar-refractivity contribution in [1.82, 2.24) is 14.8 Å². The van der Waals surface area contributed by atoms with Crippen LogP contribution in [0.15, 0.2) is 30.9 Å². The lowest BCUT2D eigenvalue weighted by molar-refractivity contribution is 0.0968. The summed E-state index contributed by atoms with van der Waals surface area (Å²) in [5, 5.41) is 4.53. The van der Waals surface area contributed by atoms with E-state index in [-0.39, 0.29) is 12.3 Å². The summed E-state index contributed by atoms with van der Waals surface area (Å²) in [6.45, 7) is 0.0729.